The predicted octanol–water partition coefficient (Wildman–Crippen LogP) is 4.30. The molecule has 0 saturated carbocycles. The third kappa shape index (κ3) is 3.82. The maximum atomic E-state index is 12.2. The quantitative estimate of drug-likeness (QED) is 0.467. The van der Waals surface area contributed by atoms with Crippen molar-refractivity contribution in [3.8, 4) is 0 Å². The molecule has 0 fully saturated rings. The highest BCUT2D eigenvalue weighted by Gasteiger charge is 2.40. The monoisotopic (exact) mass is 279 g/mol. The molecule has 0 aliphatic rings. The highest BCUT2D eigenvalue weighted by Crippen LogP contribution is 2.36. The van der Waals surface area contributed by atoms with Crippen molar-refractivity contribution in [2.45, 2.75) is 43.9 Å². The molecule has 0 amide bonds. The average molecular weight is 279 g/mol. The van der Waals surface area contributed by atoms with E-state index in [0.29, 0.717) is 5.41 Å². The van der Waals surface area contributed by atoms with Gasteiger partial charge in [-0.15, -0.1) is 0 Å². The van der Waals surface area contributed by atoms with E-state index < -0.39 is 8.07 Å². The molecule has 0 bridgehead atoms. The van der Waals surface area contributed by atoms with E-state index >= 15 is 0 Å². The van der Waals surface area contributed by atoms with E-state index in [1.54, 1.807) is 12.3 Å². The van der Waals surface area contributed by atoms with Crippen molar-refractivity contribution < 1.29 is 4.79 Å². The van der Waals surface area contributed by atoms with Crippen LogP contribution in [0.2, 0.25) is 18.1 Å². The lowest BCUT2D eigenvalue weighted by molar-refractivity contribution is -0.108. The molecule has 0 unspecified atom stereocenters. The lowest BCUT2D eigenvalue weighted by Gasteiger charge is -2.34. The molecule has 0 saturated heterocycles. The van der Waals surface area contributed by atoms with Gasteiger partial charge in [-0.05, 0) is 28.7 Å². The minimum Gasteiger partial charge on any atom is -0.301 e. The Balaban J connectivity index is 2.66. The number of carbonyl (C=O) groups is 1. The Labute approximate surface area is 115 Å². The lowest BCUT2D eigenvalue weighted by atomic mass is 10.2. The van der Waals surface area contributed by atoms with E-state index in [9.17, 15) is 4.79 Å². The molecule has 0 aliphatic carbocycles. The fourth-order valence-electron chi connectivity index (χ4n) is 1.16. The number of hydrogen-bond acceptors (Lipinski definition) is 3. The zero-order valence-electron chi connectivity index (χ0n) is 11.7. The molecule has 98 valence electrons. The van der Waals surface area contributed by atoms with Crippen molar-refractivity contribution in [3.05, 3.63) is 35.9 Å². The summed E-state index contributed by atoms with van der Waals surface area (Å²) in [6.07, 6.45) is 3.47. The summed E-state index contributed by atoms with van der Waals surface area (Å²) in [5.41, 5.74) is 0. The van der Waals surface area contributed by atoms with Crippen LogP contribution in [0.3, 0.4) is 0 Å². The highest BCUT2D eigenvalue weighted by atomic mass is 32.2. The first kappa shape index (κ1) is 15.2. The van der Waals surface area contributed by atoms with Gasteiger partial charge in [-0.2, -0.15) is 0 Å². The molecular formula is C14H21NOSSi. The molecule has 1 heterocycles. The van der Waals surface area contributed by atoms with Crippen LogP contribution >= 0.6 is 11.8 Å². The fraction of sp³-hybridized carbons (Fsp3) is 0.429. The van der Waals surface area contributed by atoms with Crippen LogP contribution in [-0.2, 0) is 4.79 Å². The Morgan fingerprint density at radius 3 is 2.50 bits per heavy atom. The van der Waals surface area contributed by atoms with Crippen LogP contribution in [0.25, 0.3) is 0 Å². The smallest absolute Gasteiger partial charge is 0.137 e. The summed E-state index contributed by atoms with van der Waals surface area (Å²) in [5, 5.41) is 3.14. The van der Waals surface area contributed by atoms with Crippen molar-refractivity contribution in [2.75, 3.05) is 0 Å². The van der Waals surface area contributed by atoms with Gasteiger partial charge < -0.3 is 4.79 Å². The maximum Gasteiger partial charge on any atom is 0.137 e. The Morgan fingerprint density at radius 1 is 1.33 bits per heavy atom. The average Bonchev–Trinajstić information content (AvgIpc) is 2.28. The van der Waals surface area contributed by atoms with Crippen LogP contribution < -0.4 is 0 Å². The molecule has 0 aromatic carbocycles. The second-order valence-corrected chi connectivity index (χ2v) is 12.0. The summed E-state index contributed by atoms with van der Waals surface area (Å²) in [4.78, 5) is 16.4. The highest BCUT2D eigenvalue weighted by molar-refractivity contribution is 8.02. The van der Waals surface area contributed by atoms with E-state index in [0.717, 1.165) is 5.03 Å². The lowest BCUT2D eigenvalue weighted by Crippen LogP contribution is -2.45. The summed E-state index contributed by atoms with van der Waals surface area (Å²) in [5.74, 6) is 0. The zero-order valence-corrected chi connectivity index (χ0v) is 13.5. The number of allylic oxidation sites excluding steroid dienone is 1. The second kappa shape index (κ2) is 5.84. The van der Waals surface area contributed by atoms with Gasteiger partial charge in [-0.3, -0.25) is 0 Å². The summed E-state index contributed by atoms with van der Waals surface area (Å²) >= 11 is 1.49. The Hall–Kier alpha value is -0.873. The van der Waals surface area contributed by atoms with Crippen molar-refractivity contribution in [1.82, 2.24) is 4.98 Å². The van der Waals surface area contributed by atoms with Crippen LogP contribution in [0.15, 0.2) is 40.9 Å². The van der Waals surface area contributed by atoms with Gasteiger partial charge in [0.1, 0.15) is 18.5 Å². The van der Waals surface area contributed by atoms with Crippen molar-refractivity contribution in [3.63, 3.8) is 0 Å². The molecule has 0 atom stereocenters. The third-order valence-corrected chi connectivity index (χ3v) is 9.44. The molecule has 0 radical (unpaired) electrons. The first-order valence-electron chi connectivity index (χ1n) is 6.04. The molecular weight excluding hydrogens is 258 g/mol. The van der Waals surface area contributed by atoms with Gasteiger partial charge in [-0.1, -0.05) is 51.7 Å². The van der Waals surface area contributed by atoms with Gasteiger partial charge in [-0.25, -0.2) is 4.98 Å². The normalized spacial score (nSPS) is 12.9. The molecule has 0 aliphatic heterocycles. The van der Waals surface area contributed by atoms with Gasteiger partial charge in [0.05, 0.1) is 0 Å². The molecule has 18 heavy (non-hydrogen) atoms. The SMILES string of the molecule is CC(C)(C)[Si](C)(C)C(=O)/C=C\Sc1ccccn1. The predicted molar refractivity (Wildman–Crippen MR) is 81.4 cm³/mol. The summed E-state index contributed by atoms with van der Waals surface area (Å²) in [6, 6.07) is 5.76. The number of pyridine rings is 1. The summed E-state index contributed by atoms with van der Waals surface area (Å²) in [6.45, 7) is 10.7. The third-order valence-electron chi connectivity index (χ3n) is 3.54. The second-order valence-electron chi connectivity index (χ2n) is 5.83. The molecule has 4 heteroatoms. The molecule has 1 aromatic heterocycles. The van der Waals surface area contributed by atoms with Gasteiger partial charge in [0, 0.05) is 6.20 Å². The van der Waals surface area contributed by atoms with E-state index in [4.69, 9.17) is 0 Å². The van der Waals surface area contributed by atoms with E-state index in [2.05, 4.69) is 38.8 Å². The van der Waals surface area contributed by atoms with E-state index in [1.807, 2.05) is 23.6 Å². The van der Waals surface area contributed by atoms with Gasteiger partial charge in [0.2, 0.25) is 0 Å². The molecule has 2 nitrogen and oxygen atoms in total. The summed E-state index contributed by atoms with van der Waals surface area (Å²) < 4.78 is 0. The fourth-order valence-corrected chi connectivity index (χ4v) is 3.13. The standard InChI is InChI=1S/C14H21NOSSi/c1-14(2,3)18(4,5)13(16)9-11-17-12-8-6-7-10-15-12/h6-11H,1-5H3/b11-9-. The van der Waals surface area contributed by atoms with Gasteiger partial charge >= 0.3 is 0 Å². The number of carbonyl (C=O) groups excluding carboxylic acids is 1. The van der Waals surface area contributed by atoms with E-state index in [1.165, 1.54) is 11.8 Å². The van der Waals surface area contributed by atoms with Crippen LogP contribution in [0, 0.1) is 0 Å². The number of nitrogens with zero attached hydrogens (tertiary/aromatic N) is 1. The summed E-state index contributed by atoms with van der Waals surface area (Å²) in [7, 11) is -1.91. The Morgan fingerprint density at radius 2 is 2.00 bits per heavy atom. The first-order chi connectivity index (χ1) is 8.25. The topological polar surface area (TPSA) is 30.0 Å². The van der Waals surface area contributed by atoms with Crippen LogP contribution in [-0.4, -0.2) is 18.5 Å². The van der Waals surface area contributed by atoms with Gasteiger partial charge in [0.15, 0.2) is 0 Å². The first-order valence-corrected chi connectivity index (χ1v) is 9.92. The number of thioether (sulfide) groups is 1. The number of aromatic nitrogens is 1. The minimum atomic E-state index is -1.91. The Bertz CT molecular complexity index is 435. The van der Waals surface area contributed by atoms with Crippen molar-refractivity contribution in [2.24, 2.45) is 0 Å². The Kier molecular flexibility index (Phi) is 4.93. The van der Waals surface area contributed by atoms with E-state index in [-0.39, 0.29) is 5.04 Å². The van der Waals surface area contributed by atoms with Crippen molar-refractivity contribution >= 4 is 25.2 Å². The largest absolute Gasteiger partial charge is 0.301 e. The molecule has 0 N–H and O–H groups in total. The molecule has 0 spiro atoms. The molecule has 1 aromatic rings. The minimum absolute atomic E-state index is 0.0874. The molecule has 1 rings (SSSR count). The number of hydrogen-bond donors (Lipinski definition) is 0. The van der Waals surface area contributed by atoms with Gasteiger partial charge in [0.25, 0.3) is 0 Å². The number of rotatable bonds is 4. The van der Waals surface area contributed by atoms with Crippen LogP contribution in [0.5, 0.6) is 0 Å². The van der Waals surface area contributed by atoms with Crippen molar-refractivity contribution in [1.29, 1.82) is 0 Å². The zero-order chi connectivity index (χ0) is 13.8. The van der Waals surface area contributed by atoms with Crippen LogP contribution in [0.1, 0.15) is 20.8 Å². The van der Waals surface area contributed by atoms with Crippen LogP contribution in [0.4, 0.5) is 0 Å². The maximum absolute atomic E-state index is 12.2.